The second-order valence-electron chi connectivity index (χ2n) is 8.72. The van der Waals surface area contributed by atoms with Gasteiger partial charge in [0.25, 0.3) is 0 Å². The fraction of sp³-hybridized carbons (Fsp3) is 0.241. The molecule has 0 saturated heterocycles. The van der Waals surface area contributed by atoms with Crippen molar-refractivity contribution in [2.24, 2.45) is 0 Å². The number of benzene rings is 3. The van der Waals surface area contributed by atoms with E-state index in [1.165, 1.54) is 12.1 Å². The number of aromatic nitrogens is 2. The van der Waals surface area contributed by atoms with Crippen molar-refractivity contribution in [3.8, 4) is 17.6 Å². The number of imidazole rings is 1. The molecular formula is C29H26FN3O2. The molecule has 0 bridgehead atoms. The van der Waals surface area contributed by atoms with Gasteiger partial charge in [0, 0.05) is 35.7 Å². The number of halogens is 1. The molecule has 5 rings (SSSR count). The third-order valence-corrected chi connectivity index (χ3v) is 6.43. The number of para-hydroxylation sites is 1. The highest BCUT2D eigenvalue weighted by Gasteiger charge is 2.23. The van der Waals surface area contributed by atoms with E-state index in [0.29, 0.717) is 24.5 Å². The molecule has 0 aliphatic carbocycles. The minimum Gasteiger partial charge on any atom is -0.494 e. The molecule has 0 spiro atoms. The number of allylic oxidation sites excluding steroid dienone is 1. The first kappa shape index (κ1) is 22.7. The Balaban J connectivity index is 1.60. The van der Waals surface area contributed by atoms with Crippen LogP contribution in [0.5, 0.6) is 11.5 Å². The topological polar surface area (TPSA) is 60.1 Å². The zero-order chi connectivity index (χ0) is 24.5. The van der Waals surface area contributed by atoms with Crippen LogP contribution >= 0.6 is 0 Å². The molecular weight excluding hydrogens is 441 g/mol. The van der Waals surface area contributed by atoms with Crippen LogP contribution in [0.3, 0.4) is 0 Å². The molecule has 0 N–H and O–H groups in total. The Morgan fingerprint density at radius 1 is 1.17 bits per heavy atom. The van der Waals surface area contributed by atoms with E-state index in [0.717, 1.165) is 63.3 Å². The number of ether oxygens (including phenoxy) is 2. The predicted octanol–water partition coefficient (Wildman–Crippen LogP) is 6.42. The Morgan fingerprint density at radius 3 is 2.77 bits per heavy atom. The van der Waals surface area contributed by atoms with Crippen LogP contribution in [0.4, 0.5) is 4.39 Å². The SMILES string of the molecule is CCCc1nc2c(OC)cccc2n1Cc1ccc2c(c1)COc1cc(F)ccc1/C2=C(/C)C#N. The normalized spacial score (nSPS) is 13.9. The van der Waals surface area contributed by atoms with Crippen molar-refractivity contribution in [3.63, 3.8) is 0 Å². The van der Waals surface area contributed by atoms with Gasteiger partial charge in [0.05, 0.1) is 18.7 Å². The molecule has 5 nitrogen and oxygen atoms in total. The molecule has 0 atom stereocenters. The van der Waals surface area contributed by atoms with Crippen molar-refractivity contribution in [1.82, 2.24) is 9.55 Å². The quantitative estimate of drug-likeness (QED) is 0.318. The third kappa shape index (κ3) is 4.04. The molecule has 1 aliphatic heterocycles. The largest absolute Gasteiger partial charge is 0.494 e. The van der Waals surface area contributed by atoms with Gasteiger partial charge in [-0.05, 0) is 60.4 Å². The van der Waals surface area contributed by atoms with Crippen LogP contribution in [0.15, 0.2) is 60.2 Å². The molecule has 3 aromatic carbocycles. The average molecular weight is 468 g/mol. The molecule has 0 unspecified atom stereocenters. The molecule has 0 amide bonds. The number of nitriles is 1. The van der Waals surface area contributed by atoms with Crippen LogP contribution in [0.2, 0.25) is 0 Å². The summed E-state index contributed by atoms with van der Waals surface area (Å²) in [5, 5.41) is 9.69. The number of methoxy groups -OCH3 is 1. The molecule has 6 heteroatoms. The highest BCUT2D eigenvalue weighted by molar-refractivity contribution is 5.88. The molecule has 4 aromatic rings. The van der Waals surface area contributed by atoms with Gasteiger partial charge in [0.1, 0.15) is 35.3 Å². The summed E-state index contributed by atoms with van der Waals surface area (Å²) in [7, 11) is 1.66. The van der Waals surface area contributed by atoms with Gasteiger partial charge in [0.15, 0.2) is 0 Å². The lowest BCUT2D eigenvalue weighted by atomic mass is 9.90. The van der Waals surface area contributed by atoms with E-state index < -0.39 is 0 Å². The summed E-state index contributed by atoms with van der Waals surface area (Å²) >= 11 is 0. The molecule has 2 heterocycles. The first-order chi connectivity index (χ1) is 17.0. The van der Waals surface area contributed by atoms with E-state index in [-0.39, 0.29) is 5.82 Å². The maximum absolute atomic E-state index is 13.9. The maximum atomic E-state index is 13.9. The third-order valence-electron chi connectivity index (χ3n) is 6.43. The molecule has 1 aromatic heterocycles. The van der Waals surface area contributed by atoms with Crippen molar-refractivity contribution < 1.29 is 13.9 Å². The molecule has 176 valence electrons. The lowest BCUT2D eigenvalue weighted by molar-refractivity contribution is 0.305. The van der Waals surface area contributed by atoms with E-state index in [1.54, 1.807) is 20.1 Å². The van der Waals surface area contributed by atoms with Crippen LogP contribution in [0.1, 0.15) is 48.3 Å². The highest BCUT2D eigenvalue weighted by atomic mass is 19.1. The zero-order valence-corrected chi connectivity index (χ0v) is 20.1. The fourth-order valence-corrected chi connectivity index (χ4v) is 4.80. The average Bonchev–Trinajstić information content (AvgIpc) is 3.12. The van der Waals surface area contributed by atoms with Crippen molar-refractivity contribution in [1.29, 1.82) is 5.26 Å². The fourth-order valence-electron chi connectivity index (χ4n) is 4.80. The van der Waals surface area contributed by atoms with Gasteiger partial charge in [0.2, 0.25) is 0 Å². The zero-order valence-electron chi connectivity index (χ0n) is 20.1. The molecule has 0 saturated carbocycles. The first-order valence-corrected chi connectivity index (χ1v) is 11.7. The van der Waals surface area contributed by atoms with E-state index in [1.807, 2.05) is 18.2 Å². The number of aryl methyl sites for hydroxylation is 1. The number of rotatable bonds is 5. The first-order valence-electron chi connectivity index (χ1n) is 11.7. The summed E-state index contributed by atoms with van der Waals surface area (Å²) in [4.78, 5) is 4.89. The van der Waals surface area contributed by atoms with E-state index in [2.05, 4.69) is 35.8 Å². The van der Waals surface area contributed by atoms with Crippen molar-refractivity contribution in [3.05, 3.63) is 94.1 Å². The summed E-state index contributed by atoms with van der Waals surface area (Å²) in [6, 6.07) is 19.0. The van der Waals surface area contributed by atoms with Gasteiger partial charge in [-0.15, -0.1) is 0 Å². The second kappa shape index (κ2) is 9.27. The standard InChI is InChI=1S/C29H26FN3O2/c1-4-6-27-32-29-24(7-5-8-25(29)34-3)33(27)16-19-9-11-22-20(13-19)17-35-26-14-21(30)10-12-23(26)28(22)18(2)15-31/h5,7-14H,4,6,16-17H2,1-3H3/b28-18-. The Hall–Kier alpha value is -4.11. The smallest absolute Gasteiger partial charge is 0.146 e. The minimum absolute atomic E-state index is 0.294. The predicted molar refractivity (Wildman–Crippen MR) is 134 cm³/mol. The second-order valence-corrected chi connectivity index (χ2v) is 8.72. The van der Waals surface area contributed by atoms with Gasteiger partial charge >= 0.3 is 0 Å². The van der Waals surface area contributed by atoms with Crippen LogP contribution < -0.4 is 9.47 Å². The van der Waals surface area contributed by atoms with E-state index in [4.69, 9.17) is 14.5 Å². The summed E-state index contributed by atoms with van der Waals surface area (Å²) in [5.74, 6) is 1.86. The molecule has 35 heavy (non-hydrogen) atoms. The number of fused-ring (bicyclic) bond motifs is 3. The number of hydrogen-bond acceptors (Lipinski definition) is 4. The van der Waals surface area contributed by atoms with Crippen LogP contribution in [-0.4, -0.2) is 16.7 Å². The Kier molecular flexibility index (Phi) is 6.00. The van der Waals surface area contributed by atoms with E-state index in [9.17, 15) is 9.65 Å². The van der Waals surface area contributed by atoms with Gasteiger partial charge < -0.3 is 14.0 Å². The molecule has 0 radical (unpaired) electrons. The Morgan fingerprint density at radius 2 is 2.00 bits per heavy atom. The number of hydrogen-bond donors (Lipinski definition) is 0. The van der Waals surface area contributed by atoms with Crippen molar-refractivity contribution in [2.45, 2.75) is 39.8 Å². The Bertz CT molecular complexity index is 1510. The van der Waals surface area contributed by atoms with Gasteiger partial charge in [-0.25, -0.2) is 9.37 Å². The van der Waals surface area contributed by atoms with Crippen LogP contribution in [0, 0.1) is 17.1 Å². The van der Waals surface area contributed by atoms with Gasteiger partial charge in [-0.2, -0.15) is 5.26 Å². The molecule has 0 fully saturated rings. The monoisotopic (exact) mass is 467 g/mol. The lowest BCUT2D eigenvalue weighted by Crippen LogP contribution is -2.06. The highest BCUT2D eigenvalue weighted by Crippen LogP contribution is 2.39. The van der Waals surface area contributed by atoms with E-state index >= 15 is 0 Å². The van der Waals surface area contributed by atoms with Crippen LogP contribution in [-0.2, 0) is 19.6 Å². The molecule has 1 aliphatic rings. The summed E-state index contributed by atoms with van der Waals surface area (Å²) in [6.07, 6.45) is 1.85. The van der Waals surface area contributed by atoms with Crippen LogP contribution in [0.25, 0.3) is 16.6 Å². The summed E-state index contributed by atoms with van der Waals surface area (Å²) in [5.41, 5.74) is 6.97. The van der Waals surface area contributed by atoms with Gasteiger partial charge in [-0.3, -0.25) is 0 Å². The Labute approximate surface area is 204 Å². The van der Waals surface area contributed by atoms with Gasteiger partial charge in [-0.1, -0.05) is 25.1 Å². The number of nitrogens with zero attached hydrogens (tertiary/aromatic N) is 3. The van der Waals surface area contributed by atoms with Crippen molar-refractivity contribution >= 4 is 16.6 Å². The van der Waals surface area contributed by atoms with Crippen molar-refractivity contribution in [2.75, 3.05) is 7.11 Å². The summed E-state index contributed by atoms with van der Waals surface area (Å²) in [6.45, 7) is 4.87. The maximum Gasteiger partial charge on any atom is 0.146 e. The lowest BCUT2D eigenvalue weighted by Gasteiger charge is -2.14. The minimum atomic E-state index is -0.366. The summed E-state index contributed by atoms with van der Waals surface area (Å²) < 4.78 is 27.7.